The fraction of sp³-hybridized carbons (Fsp3) is 0.182. The molecule has 0 bridgehead atoms. The molecule has 0 fully saturated rings. The minimum Gasteiger partial charge on any atom is -0.327 e. The molecule has 0 N–H and O–H groups in total. The molecule has 0 saturated carbocycles. The van der Waals surface area contributed by atoms with Crippen molar-refractivity contribution < 1.29 is 0 Å². The van der Waals surface area contributed by atoms with Gasteiger partial charge < -0.3 is 4.57 Å². The van der Waals surface area contributed by atoms with Crippen LogP contribution in [-0.2, 0) is 6.54 Å². The van der Waals surface area contributed by atoms with Crippen LogP contribution in [0.1, 0.15) is 5.56 Å². The van der Waals surface area contributed by atoms with Gasteiger partial charge in [0.1, 0.15) is 0 Å². The number of para-hydroxylation sites is 1. The molecule has 0 radical (unpaired) electrons. The molecule has 1 aromatic heterocycles. The number of benzene rings is 1. The molecule has 2 aromatic rings. The maximum absolute atomic E-state index is 4.35. The summed E-state index contributed by atoms with van der Waals surface area (Å²) in [6.45, 7) is 6.61. The molecule has 2 rings (SSSR count). The van der Waals surface area contributed by atoms with Gasteiger partial charge in [0.2, 0.25) is 0 Å². The topological polar surface area (TPSA) is 17.8 Å². The lowest BCUT2D eigenvalue weighted by atomic mass is 10.2. The summed E-state index contributed by atoms with van der Waals surface area (Å²) in [6.07, 6.45) is 3.74. The smallest absolute Gasteiger partial charge is 0.0961 e. The second kappa shape index (κ2) is 3.05. The summed E-state index contributed by atoms with van der Waals surface area (Å²) in [7, 11) is 0. The summed E-state index contributed by atoms with van der Waals surface area (Å²) in [6, 6.07) is 6.21. The Balaban J connectivity index is 2.67. The van der Waals surface area contributed by atoms with Crippen LogP contribution in [0.25, 0.3) is 11.0 Å². The number of nitrogens with zero attached hydrogens (tertiary/aromatic N) is 2. The maximum Gasteiger partial charge on any atom is 0.0961 e. The Bertz CT molecular complexity index is 440. The highest BCUT2D eigenvalue weighted by Gasteiger charge is 2.01. The van der Waals surface area contributed by atoms with E-state index in [2.05, 4.69) is 41.3 Å². The first-order valence-corrected chi connectivity index (χ1v) is 4.34. The highest BCUT2D eigenvalue weighted by atomic mass is 15.0. The van der Waals surface area contributed by atoms with E-state index in [0.717, 1.165) is 12.1 Å². The van der Waals surface area contributed by atoms with Crippen molar-refractivity contribution >= 4 is 11.0 Å². The van der Waals surface area contributed by atoms with Crippen molar-refractivity contribution in [3.63, 3.8) is 0 Å². The predicted molar refractivity (Wildman–Crippen MR) is 54.7 cm³/mol. The molecule has 1 heterocycles. The molecule has 0 spiro atoms. The van der Waals surface area contributed by atoms with Gasteiger partial charge in [-0.25, -0.2) is 4.98 Å². The van der Waals surface area contributed by atoms with Gasteiger partial charge in [0.15, 0.2) is 0 Å². The van der Waals surface area contributed by atoms with Crippen LogP contribution in [0.2, 0.25) is 0 Å². The van der Waals surface area contributed by atoms with E-state index in [4.69, 9.17) is 0 Å². The van der Waals surface area contributed by atoms with Crippen molar-refractivity contribution in [2.45, 2.75) is 13.5 Å². The van der Waals surface area contributed by atoms with Crippen LogP contribution < -0.4 is 0 Å². The molecule has 0 aliphatic carbocycles. The maximum atomic E-state index is 4.35. The summed E-state index contributed by atoms with van der Waals surface area (Å²) >= 11 is 0. The van der Waals surface area contributed by atoms with E-state index in [1.54, 1.807) is 0 Å². The van der Waals surface area contributed by atoms with Crippen molar-refractivity contribution in [2.24, 2.45) is 0 Å². The molecular weight excluding hydrogens is 160 g/mol. The molecule has 0 unspecified atom stereocenters. The van der Waals surface area contributed by atoms with Gasteiger partial charge >= 0.3 is 0 Å². The third kappa shape index (κ3) is 1.24. The summed E-state index contributed by atoms with van der Waals surface area (Å²) < 4.78 is 2.09. The van der Waals surface area contributed by atoms with E-state index in [0.29, 0.717) is 0 Å². The number of aryl methyl sites for hydroxylation is 1. The van der Waals surface area contributed by atoms with Gasteiger partial charge in [-0.15, -0.1) is 6.58 Å². The second-order valence-corrected chi connectivity index (χ2v) is 3.13. The molecule has 13 heavy (non-hydrogen) atoms. The number of rotatable bonds is 2. The molecule has 0 atom stereocenters. The summed E-state index contributed by atoms with van der Waals surface area (Å²) in [4.78, 5) is 4.35. The normalized spacial score (nSPS) is 10.5. The van der Waals surface area contributed by atoms with Gasteiger partial charge in [-0.2, -0.15) is 0 Å². The lowest BCUT2D eigenvalue weighted by molar-refractivity contribution is 0.851. The minimum atomic E-state index is 0.819. The monoisotopic (exact) mass is 172 g/mol. The Labute approximate surface area is 77.5 Å². The van der Waals surface area contributed by atoms with Crippen LogP contribution in [-0.4, -0.2) is 9.55 Å². The van der Waals surface area contributed by atoms with E-state index in [-0.39, 0.29) is 0 Å². The summed E-state index contributed by atoms with van der Waals surface area (Å²) in [5, 5.41) is 0. The highest BCUT2D eigenvalue weighted by molar-refractivity contribution is 5.78. The number of fused-ring (bicyclic) bond motifs is 1. The van der Waals surface area contributed by atoms with Crippen LogP contribution in [0.4, 0.5) is 0 Å². The Hall–Kier alpha value is -1.57. The Morgan fingerprint density at radius 3 is 3.15 bits per heavy atom. The summed E-state index contributed by atoms with van der Waals surface area (Å²) in [5.74, 6) is 0. The van der Waals surface area contributed by atoms with Crippen LogP contribution in [0.3, 0.4) is 0 Å². The number of hydrogen-bond acceptors (Lipinski definition) is 1. The minimum absolute atomic E-state index is 0.819. The molecule has 0 aliphatic rings. The zero-order valence-electron chi connectivity index (χ0n) is 7.70. The van der Waals surface area contributed by atoms with Gasteiger partial charge in [0.25, 0.3) is 0 Å². The molecular formula is C11H12N2. The second-order valence-electron chi connectivity index (χ2n) is 3.13. The molecule has 0 aliphatic heterocycles. The zero-order valence-corrected chi connectivity index (χ0v) is 7.70. The average Bonchev–Trinajstić information content (AvgIpc) is 2.51. The van der Waals surface area contributed by atoms with E-state index in [9.17, 15) is 0 Å². The Kier molecular flexibility index (Phi) is 1.89. The third-order valence-electron chi connectivity index (χ3n) is 2.18. The van der Waals surface area contributed by atoms with Crippen molar-refractivity contribution in [3.05, 3.63) is 42.7 Å². The van der Waals surface area contributed by atoms with E-state index in [1.807, 2.05) is 12.4 Å². The fourth-order valence-corrected chi connectivity index (χ4v) is 1.52. The quantitative estimate of drug-likeness (QED) is 0.636. The average molecular weight is 172 g/mol. The number of aromatic nitrogens is 2. The van der Waals surface area contributed by atoms with Crippen molar-refractivity contribution in [2.75, 3.05) is 0 Å². The van der Waals surface area contributed by atoms with Crippen LogP contribution in [0, 0.1) is 6.92 Å². The number of allylic oxidation sites excluding steroid dienone is 1. The van der Waals surface area contributed by atoms with E-state index < -0.39 is 0 Å². The fourth-order valence-electron chi connectivity index (χ4n) is 1.52. The lowest BCUT2D eigenvalue weighted by Crippen LogP contribution is -1.91. The molecule has 1 aromatic carbocycles. The van der Waals surface area contributed by atoms with E-state index >= 15 is 0 Å². The van der Waals surface area contributed by atoms with Gasteiger partial charge in [0, 0.05) is 6.54 Å². The van der Waals surface area contributed by atoms with Crippen LogP contribution in [0.5, 0.6) is 0 Å². The van der Waals surface area contributed by atoms with Crippen LogP contribution in [0.15, 0.2) is 37.2 Å². The van der Waals surface area contributed by atoms with Crippen molar-refractivity contribution in [1.29, 1.82) is 0 Å². The summed E-state index contributed by atoms with van der Waals surface area (Å²) in [5.41, 5.74) is 3.49. The first kappa shape index (κ1) is 8.05. The third-order valence-corrected chi connectivity index (χ3v) is 2.18. The Morgan fingerprint density at radius 1 is 1.54 bits per heavy atom. The van der Waals surface area contributed by atoms with Crippen molar-refractivity contribution in [3.8, 4) is 0 Å². The van der Waals surface area contributed by atoms with Gasteiger partial charge in [-0.3, -0.25) is 0 Å². The SMILES string of the molecule is C=CCn1cnc2c(C)cccc21. The first-order valence-electron chi connectivity index (χ1n) is 4.34. The number of hydrogen-bond donors (Lipinski definition) is 0. The first-order chi connectivity index (χ1) is 6.33. The molecule has 2 nitrogen and oxygen atoms in total. The lowest BCUT2D eigenvalue weighted by Gasteiger charge is -1.99. The standard InChI is InChI=1S/C11H12N2/c1-3-7-13-8-12-11-9(2)5-4-6-10(11)13/h3-6,8H,1,7H2,2H3. The van der Waals surface area contributed by atoms with E-state index in [1.165, 1.54) is 11.1 Å². The Morgan fingerprint density at radius 2 is 2.38 bits per heavy atom. The van der Waals surface area contributed by atoms with Gasteiger partial charge in [0.05, 0.1) is 17.4 Å². The predicted octanol–water partition coefficient (Wildman–Crippen LogP) is 2.53. The zero-order chi connectivity index (χ0) is 9.26. The molecule has 0 saturated heterocycles. The van der Waals surface area contributed by atoms with Crippen LogP contribution >= 0.6 is 0 Å². The number of imidazole rings is 1. The molecule has 2 heteroatoms. The highest BCUT2D eigenvalue weighted by Crippen LogP contribution is 2.16. The van der Waals surface area contributed by atoms with Crippen molar-refractivity contribution in [1.82, 2.24) is 9.55 Å². The molecule has 66 valence electrons. The largest absolute Gasteiger partial charge is 0.327 e. The van der Waals surface area contributed by atoms with Gasteiger partial charge in [-0.05, 0) is 18.6 Å². The molecule has 0 amide bonds. The van der Waals surface area contributed by atoms with Gasteiger partial charge in [-0.1, -0.05) is 18.2 Å².